The van der Waals surface area contributed by atoms with E-state index in [0.717, 1.165) is 44.1 Å². The second kappa shape index (κ2) is 12.1. The van der Waals surface area contributed by atoms with Gasteiger partial charge in [0, 0.05) is 28.7 Å². The van der Waals surface area contributed by atoms with E-state index in [2.05, 4.69) is 13.8 Å². The van der Waals surface area contributed by atoms with Crippen molar-refractivity contribution < 1.29 is 24.5 Å². The predicted octanol–water partition coefficient (Wildman–Crippen LogP) is 6.95. The molecule has 3 rings (SSSR count). The van der Waals surface area contributed by atoms with E-state index < -0.39 is 11.8 Å². The molecule has 0 saturated heterocycles. The fourth-order valence-electron chi connectivity index (χ4n) is 4.55. The van der Waals surface area contributed by atoms with E-state index in [9.17, 15) is 14.8 Å². The van der Waals surface area contributed by atoms with Crippen LogP contribution in [0.5, 0.6) is 0 Å². The Kier molecular flexibility index (Phi) is 9.21. The summed E-state index contributed by atoms with van der Waals surface area (Å²) in [6.45, 7) is 4.32. The highest BCUT2D eigenvalue weighted by Crippen LogP contribution is 2.44. The number of rotatable bonds is 13. The molecule has 178 valence electrons. The number of esters is 1. The third-order valence-electron chi connectivity index (χ3n) is 6.40. The molecule has 1 unspecified atom stereocenters. The number of hydrogen-bond acceptors (Lipinski definition) is 5. The zero-order chi connectivity index (χ0) is 23.7. The van der Waals surface area contributed by atoms with E-state index in [4.69, 9.17) is 9.62 Å². The smallest absolute Gasteiger partial charge is 0.308 e. The van der Waals surface area contributed by atoms with Gasteiger partial charge in [-0.1, -0.05) is 95.2 Å². The molecule has 0 radical (unpaired) electrons. The summed E-state index contributed by atoms with van der Waals surface area (Å²) >= 11 is 0. The molecule has 1 N–H and O–H groups in total. The molecule has 5 heteroatoms. The van der Waals surface area contributed by atoms with Gasteiger partial charge in [-0.15, -0.1) is 0 Å². The number of carbonyl (C=O) groups is 2. The number of ketones is 1. The second-order valence-corrected chi connectivity index (χ2v) is 8.91. The molecule has 0 saturated carbocycles. The minimum atomic E-state index is -1.85. The topological polar surface area (TPSA) is 72.8 Å². The van der Waals surface area contributed by atoms with Crippen molar-refractivity contribution in [1.29, 1.82) is 0 Å². The third-order valence-corrected chi connectivity index (χ3v) is 6.40. The Bertz CT molecular complexity index is 951. The minimum Gasteiger partial charge on any atom is -0.421 e. The number of unbranched alkanes of at least 4 members (excludes halogenated alkanes) is 7. The molecular weight excluding hydrogens is 416 g/mol. The average molecular weight is 453 g/mol. The van der Waals surface area contributed by atoms with Gasteiger partial charge in [0.05, 0.1) is 0 Å². The molecule has 0 bridgehead atoms. The molecule has 0 aliphatic heterocycles. The molecule has 0 amide bonds. The number of hydrogen-bond donors (Lipinski definition) is 1. The first-order chi connectivity index (χ1) is 16.1. The van der Waals surface area contributed by atoms with Crippen LogP contribution in [0.2, 0.25) is 0 Å². The van der Waals surface area contributed by atoms with E-state index >= 15 is 0 Å². The molecule has 5 nitrogen and oxygen atoms in total. The predicted molar refractivity (Wildman–Crippen MR) is 128 cm³/mol. The van der Waals surface area contributed by atoms with Crippen LogP contribution in [0.3, 0.4) is 0 Å². The standard InChI is InChI=1S/C28H36O5/c1-3-5-7-8-9-11-17-26(29)32-28(33-31)24-16-13-12-15-22(24)27(30)23-20-21(14-10-6-4-2)18-19-25(23)28/h12-13,15-16,18-20,31H,3-11,14,17H2,1-2H3. The summed E-state index contributed by atoms with van der Waals surface area (Å²) in [6, 6.07) is 12.4. The van der Waals surface area contributed by atoms with E-state index in [-0.39, 0.29) is 12.2 Å². The monoisotopic (exact) mass is 452 g/mol. The molecule has 0 aromatic heterocycles. The van der Waals surface area contributed by atoms with Crippen LogP contribution in [0, 0.1) is 0 Å². The SMILES string of the molecule is CCCCCCCCC(=O)OC1(OO)c2ccccc2C(=O)c2cc(CCCCC)ccc21. The molecule has 1 aliphatic rings. The number of fused-ring (bicyclic) bond motifs is 2. The first kappa shape index (κ1) is 25.1. The van der Waals surface area contributed by atoms with Gasteiger partial charge in [-0.3, -0.25) is 9.59 Å². The van der Waals surface area contributed by atoms with Gasteiger partial charge in [0.15, 0.2) is 5.78 Å². The van der Waals surface area contributed by atoms with Gasteiger partial charge in [-0.2, -0.15) is 4.89 Å². The average Bonchev–Trinajstić information content (AvgIpc) is 2.84. The van der Waals surface area contributed by atoms with Crippen molar-refractivity contribution in [3.05, 3.63) is 70.3 Å². The first-order valence-corrected chi connectivity index (χ1v) is 12.4. The van der Waals surface area contributed by atoms with Crippen LogP contribution in [0.15, 0.2) is 42.5 Å². The highest BCUT2D eigenvalue weighted by Gasteiger charge is 2.49. The molecule has 0 heterocycles. The van der Waals surface area contributed by atoms with Crippen LogP contribution >= 0.6 is 0 Å². The number of benzene rings is 2. The Morgan fingerprint density at radius 3 is 2.27 bits per heavy atom. The van der Waals surface area contributed by atoms with Gasteiger partial charge in [0.25, 0.3) is 5.79 Å². The van der Waals surface area contributed by atoms with Crippen LogP contribution in [-0.2, 0) is 26.6 Å². The number of aryl methyl sites for hydroxylation is 1. The molecule has 33 heavy (non-hydrogen) atoms. The fraction of sp³-hybridized carbons (Fsp3) is 0.500. The first-order valence-electron chi connectivity index (χ1n) is 12.4. The van der Waals surface area contributed by atoms with Crippen molar-refractivity contribution in [2.45, 2.75) is 90.3 Å². The van der Waals surface area contributed by atoms with Gasteiger partial charge >= 0.3 is 5.97 Å². The minimum absolute atomic E-state index is 0.155. The van der Waals surface area contributed by atoms with Gasteiger partial charge in [-0.25, -0.2) is 5.26 Å². The van der Waals surface area contributed by atoms with Crippen molar-refractivity contribution in [3.8, 4) is 0 Å². The van der Waals surface area contributed by atoms with Crippen LogP contribution in [0.4, 0.5) is 0 Å². The van der Waals surface area contributed by atoms with Crippen molar-refractivity contribution >= 4 is 11.8 Å². The number of ether oxygens (including phenoxy) is 1. The zero-order valence-corrected chi connectivity index (χ0v) is 19.9. The fourth-order valence-corrected chi connectivity index (χ4v) is 4.55. The lowest BCUT2D eigenvalue weighted by Gasteiger charge is -2.36. The van der Waals surface area contributed by atoms with E-state index in [0.29, 0.717) is 28.7 Å². The molecule has 0 spiro atoms. The van der Waals surface area contributed by atoms with Crippen LogP contribution < -0.4 is 0 Å². The Hall–Kier alpha value is -2.50. The Morgan fingerprint density at radius 1 is 0.848 bits per heavy atom. The van der Waals surface area contributed by atoms with E-state index in [1.54, 1.807) is 30.3 Å². The largest absolute Gasteiger partial charge is 0.421 e. The van der Waals surface area contributed by atoms with Crippen molar-refractivity contribution in [2.75, 3.05) is 0 Å². The number of carbonyl (C=O) groups excluding carboxylic acids is 2. The zero-order valence-electron chi connectivity index (χ0n) is 19.9. The maximum absolute atomic E-state index is 13.3. The summed E-state index contributed by atoms with van der Waals surface area (Å²) in [6.07, 6.45) is 10.7. The van der Waals surface area contributed by atoms with Crippen molar-refractivity contribution in [1.82, 2.24) is 0 Å². The van der Waals surface area contributed by atoms with Crippen molar-refractivity contribution in [2.24, 2.45) is 0 Å². The Balaban J connectivity index is 1.87. The highest BCUT2D eigenvalue weighted by molar-refractivity contribution is 6.13. The molecule has 0 fully saturated rings. The van der Waals surface area contributed by atoms with Crippen LogP contribution in [0.1, 0.15) is 111 Å². The molecule has 1 aliphatic carbocycles. The molecule has 1 atom stereocenters. The van der Waals surface area contributed by atoms with Crippen LogP contribution in [-0.4, -0.2) is 17.0 Å². The lowest BCUT2D eigenvalue weighted by atomic mass is 9.79. The molecule has 2 aromatic carbocycles. The van der Waals surface area contributed by atoms with E-state index in [1.807, 2.05) is 12.1 Å². The second-order valence-electron chi connectivity index (χ2n) is 8.91. The summed E-state index contributed by atoms with van der Waals surface area (Å²) in [5.41, 5.74) is 2.53. The van der Waals surface area contributed by atoms with Crippen molar-refractivity contribution in [3.63, 3.8) is 0 Å². The van der Waals surface area contributed by atoms with Gasteiger partial charge in [0.2, 0.25) is 0 Å². The summed E-state index contributed by atoms with van der Waals surface area (Å²) in [4.78, 5) is 31.1. The van der Waals surface area contributed by atoms with Crippen LogP contribution in [0.25, 0.3) is 0 Å². The summed E-state index contributed by atoms with van der Waals surface area (Å²) in [5.74, 6) is -2.46. The lowest BCUT2D eigenvalue weighted by molar-refractivity contribution is -0.384. The van der Waals surface area contributed by atoms with Gasteiger partial charge in [0.1, 0.15) is 0 Å². The quantitative estimate of drug-likeness (QED) is 0.117. The molecule has 2 aromatic rings. The normalized spacial score (nSPS) is 16.9. The highest BCUT2D eigenvalue weighted by atomic mass is 17.1. The molecular formula is C28H36O5. The summed E-state index contributed by atoms with van der Waals surface area (Å²) in [7, 11) is 0. The van der Waals surface area contributed by atoms with Gasteiger partial charge < -0.3 is 4.74 Å². The van der Waals surface area contributed by atoms with Gasteiger partial charge in [-0.05, 0) is 30.9 Å². The lowest BCUT2D eigenvalue weighted by Crippen LogP contribution is -2.41. The van der Waals surface area contributed by atoms with E-state index in [1.165, 1.54) is 19.3 Å². The third kappa shape index (κ3) is 5.71. The maximum atomic E-state index is 13.3. The maximum Gasteiger partial charge on any atom is 0.308 e. The Labute approximate surface area is 197 Å². The summed E-state index contributed by atoms with van der Waals surface area (Å²) in [5, 5.41) is 10.1. The summed E-state index contributed by atoms with van der Waals surface area (Å²) < 4.78 is 5.83. The Morgan fingerprint density at radius 2 is 1.52 bits per heavy atom.